The van der Waals surface area contributed by atoms with Gasteiger partial charge in [0, 0.05) is 43.2 Å². The van der Waals surface area contributed by atoms with Crippen molar-refractivity contribution >= 4 is 17.5 Å². The SMILES string of the molecule is CC(C)(C)CC(=O)N1C[C@@H]2C[C@H](C1)c1ccc(NC(=O)c3ccc(C#N)cc3)c(=O)n1C2. The minimum absolute atomic E-state index is 0.0550. The van der Waals surface area contributed by atoms with Gasteiger partial charge in [-0.15, -0.1) is 0 Å². The third-order valence-electron chi connectivity index (χ3n) is 6.16. The summed E-state index contributed by atoms with van der Waals surface area (Å²) in [5.74, 6) is 0.145. The van der Waals surface area contributed by atoms with Gasteiger partial charge in [-0.2, -0.15) is 5.26 Å². The monoisotopic (exact) mass is 432 g/mol. The molecule has 1 N–H and O–H groups in total. The van der Waals surface area contributed by atoms with E-state index < -0.39 is 0 Å². The van der Waals surface area contributed by atoms with Gasteiger partial charge in [-0.3, -0.25) is 14.4 Å². The van der Waals surface area contributed by atoms with E-state index >= 15 is 0 Å². The Hall–Kier alpha value is -3.40. The Bertz CT molecular complexity index is 1150. The summed E-state index contributed by atoms with van der Waals surface area (Å²) in [7, 11) is 0. The van der Waals surface area contributed by atoms with Crippen LogP contribution in [0.1, 0.15) is 61.1 Å². The smallest absolute Gasteiger partial charge is 0.274 e. The third kappa shape index (κ3) is 4.45. The van der Waals surface area contributed by atoms with E-state index in [-0.39, 0.29) is 40.3 Å². The lowest BCUT2D eigenvalue weighted by Gasteiger charge is -2.43. The molecule has 2 aliphatic rings. The summed E-state index contributed by atoms with van der Waals surface area (Å²) in [6.07, 6.45) is 1.48. The molecule has 32 heavy (non-hydrogen) atoms. The summed E-state index contributed by atoms with van der Waals surface area (Å²) >= 11 is 0. The zero-order chi connectivity index (χ0) is 23.0. The summed E-state index contributed by atoms with van der Waals surface area (Å²) in [5, 5.41) is 11.6. The van der Waals surface area contributed by atoms with E-state index in [2.05, 4.69) is 26.1 Å². The van der Waals surface area contributed by atoms with Crippen LogP contribution >= 0.6 is 0 Å². The van der Waals surface area contributed by atoms with Crippen LogP contribution in [0.5, 0.6) is 0 Å². The molecule has 1 fully saturated rings. The number of piperidine rings is 1. The van der Waals surface area contributed by atoms with Crippen LogP contribution < -0.4 is 10.9 Å². The van der Waals surface area contributed by atoms with Crippen LogP contribution in [0.4, 0.5) is 5.69 Å². The van der Waals surface area contributed by atoms with E-state index in [1.807, 2.05) is 17.0 Å². The molecule has 2 aromatic rings. The van der Waals surface area contributed by atoms with Gasteiger partial charge in [0.05, 0.1) is 11.6 Å². The highest BCUT2D eigenvalue weighted by Gasteiger charge is 2.37. The highest BCUT2D eigenvalue weighted by Crippen LogP contribution is 2.36. The number of anilines is 1. The van der Waals surface area contributed by atoms with Gasteiger partial charge in [0.15, 0.2) is 0 Å². The van der Waals surface area contributed by atoms with E-state index in [0.717, 1.165) is 12.1 Å². The Morgan fingerprint density at radius 3 is 2.47 bits per heavy atom. The van der Waals surface area contributed by atoms with Crippen LogP contribution in [0.2, 0.25) is 0 Å². The molecule has 0 radical (unpaired) electrons. The molecule has 166 valence electrons. The van der Waals surface area contributed by atoms with Crippen molar-refractivity contribution in [3.8, 4) is 6.07 Å². The Morgan fingerprint density at radius 1 is 1.09 bits per heavy atom. The molecule has 2 amide bonds. The van der Waals surface area contributed by atoms with Gasteiger partial charge in [-0.1, -0.05) is 20.8 Å². The number of nitrogens with one attached hydrogen (secondary N) is 1. The minimum atomic E-state index is -0.387. The maximum atomic E-state index is 13.1. The molecule has 3 heterocycles. The van der Waals surface area contributed by atoms with E-state index in [0.29, 0.717) is 37.2 Å². The van der Waals surface area contributed by atoms with Crippen molar-refractivity contribution < 1.29 is 9.59 Å². The first-order valence-electron chi connectivity index (χ1n) is 11.0. The molecular formula is C25H28N4O3. The minimum Gasteiger partial charge on any atom is -0.342 e. The number of benzene rings is 1. The molecule has 7 nitrogen and oxygen atoms in total. The molecule has 1 aromatic carbocycles. The quantitative estimate of drug-likeness (QED) is 0.805. The molecule has 1 aromatic heterocycles. The predicted octanol–water partition coefficient (Wildman–Crippen LogP) is 3.35. The number of nitrogens with zero attached hydrogens (tertiary/aromatic N) is 3. The van der Waals surface area contributed by atoms with E-state index in [4.69, 9.17) is 5.26 Å². The van der Waals surface area contributed by atoms with Crippen molar-refractivity contribution in [1.29, 1.82) is 5.26 Å². The molecule has 1 saturated heterocycles. The van der Waals surface area contributed by atoms with Crippen molar-refractivity contribution in [2.75, 3.05) is 18.4 Å². The first-order chi connectivity index (χ1) is 15.1. The number of hydrogen-bond donors (Lipinski definition) is 1. The normalized spacial score (nSPS) is 19.6. The number of hydrogen-bond acceptors (Lipinski definition) is 4. The molecule has 0 aliphatic carbocycles. The zero-order valence-electron chi connectivity index (χ0n) is 18.7. The molecule has 2 bridgehead atoms. The van der Waals surface area contributed by atoms with Crippen LogP contribution in [0.3, 0.4) is 0 Å². The molecule has 2 atom stereocenters. The fraction of sp³-hybridized carbons (Fsp3) is 0.440. The maximum Gasteiger partial charge on any atom is 0.274 e. The van der Waals surface area contributed by atoms with Crippen molar-refractivity contribution in [2.45, 2.75) is 46.1 Å². The van der Waals surface area contributed by atoms with E-state index in [9.17, 15) is 14.4 Å². The first kappa shape index (κ1) is 21.8. The fourth-order valence-electron chi connectivity index (χ4n) is 4.70. The predicted molar refractivity (Wildman–Crippen MR) is 121 cm³/mol. The molecule has 7 heteroatoms. The zero-order valence-corrected chi connectivity index (χ0v) is 18.7. The number of pyridine rings is 1. The molecule has 4 rings (SSSR count). The van der Waals surface area contributed by atoms with Gasteiger partial charge >= 0.3 is 0 Å². The lowest BCUT2D eigenvalue weighted by molar-refractivity contribution is -0.135. The third-order valence-corrected chi connectivity index (χ3v) is 6.16. The second-order valence-electron chi connectivity index (χ2n) is 10.1. The Balaban J connectivity index is 1.53. The number of fused-ring (bicyclic) bond motifs is 4. The number of aromatic nitrogens is 1. The van der Waals surface area contributed by atoms with Gasteiger partial charge in [0.1, 0.15) is 5.69 Å². The summed E-state index contributed by atoms with van der Waals surface area (Å²) in [6.45, 7) is 8.04. The number of likely N-dealkylation sites (tertiary alicyclic amines) is 1. The number of rotatable bonds is 3. The summed E-state index contributed by atoms with van der Waals surface area (Å²) < 4.78 is 1.76. The van der Waals surface area contributed by atoms with Gasteiger partial charge < -0.3 is 14.8 Å². The first-order valence-corrected chi connectivity index (χ1v) is 11.0. The average molecular weight is 433 g/mol. The summed E-state index contributed by atoms with van der Waals surface area (Å²) in [5.41, 5.74) is 1.75. The highest BCUT2D eigenvalue weighted by atomic mass is 16.2. The van der Waals surface area contributed by atoms with Crippen LogP contribution in [0.25, 0.3) is 0 Å². The molecule has 0 unspecified atom stereocenters. The number of carbonyl (C=O) groups is 2. The highest BCUT2D eigenvalue weighted by molar-refractivity contribution is 6.04. The summed E-state index contributed by atoms with van der Waals surface area (Å²) in [6, 6.07) is 11.9. The largest absolute Gasteiger partial charge is 0.342 e. The van der Waals surface area contributed by atoms with Crippen molar-refractivity contribution in [3.05, 3.63) is 63.6 Å². The Morgan fingerprint density at radius 2 is 1.81 bits per heavy atom. The molecule has 0 spiro atoms. The number of carbonyl (C=O) groups excluding carboxylic acids is 2. The molecular weight excluding hydrogens is 404 g/mol. The number of nitriles is 1. The van der Waals surface area contributed by atoms with Crippen LogP contribution in [-0.4, -0.2) is 34.4 Å². The van der Waals surface area contributed by atoms with E-state index in [1.165, 1.54) is 0 Å². The van der Waals surface area contributed by atoms with Gasteiger partial charge in [-0.05, 0) is 54.2 Å². The van der Waals surface area contributed by atoms with Crippen LogP contribution in [0, 0.1) is 22.7 Å². The van der Waals surface area contributed by atoms with Crippen LogP contribution in [-0.2, 0) is 11.3 Å². The van der Waals surface area contributed by atoms with Gasteiger partial charge in [-0.25, -0.2) is 0 Å². The average Bonchev–Trinajstić information content (AvgIpc) is 2.74. The maximum absolute atomic E-state index is 13.1. The lowest BCUT2D eigenvalue weighted by atomic mass is 9.82. The van der Waals surface area contributed by atoms with Crippen molar-refractivity contribution in [2.24, 2.45) is 11.3 Å². The summed E-state index contributed by atoms with van der Waals surface area (Å²) in [4.78, 5) is 40.4. The van der Waals surface area contributed by atoms with Gasteiger partial charge in [0.25, 0.3) is 11.5 Å². The molecule has 2 aliphatic heterocycles. The number of amides is 2. The van der Waals surface area contributed by atoms with E-state index in [1.54, 1.807) is 34.9 Å². The fourth-order valence-corrected chi connectivity index (χ4v) is 4.70. The standard InChI is InChI=1S/C25H28N4O3/c1-25(2,3)11-22(30)28-13-17-10-19(15-28)21-9-8-20(24(32)29(21)14-17)27-23(31)18-6-4-16(12-26)5-7-18/h4-9,17,19H,10-11,13-15H2,1-3H3,(H,27,31)/t17-,19+/m0/s1. The second-order valence-corrected chi connectivity index (χ2v) is 10.1. The lowest BCUT2D eigenvalue weighted by Crippen LogP contribution is -2.49. The van der Waals surface area contributed by atoms with Crippen molar-refractivity contribution in [1.82, 2.24) is 9.47 Å². The Kier molecular flexibility index (Phi) is 5.64. The van der Waals surface area contributed by atoms with Crippen molar-refractivity contribution in [3.63, 3.8) is 0 Å². The van der Waals surface area contributed by atoms with Crippen LogP contribution in [0.15, 0.2) is 41.2 Å². The molecule has 0 saturated carbocycles. The van der Waals surface area contributed by atoms with Gasteiger partial charge in [0.2, 0.25) is 5.91 Å². The Labute approximate surface area is 187 Å². The second kappa shape index (κ2) is 8.27. The topological polar surface area (TPSA) is 95.2 Å².